The van der Waals surface area contributed by atoms with Crippen molar-refractivity contribution in [2.24, 2.45) is 0 Å². The van der Waals surface area contributed by atoms with Crippen molar-refractivity contribution in [3.63, 3.8) is 0 Å². The first-order valence-corrected chi connectivity index (χ1v) is 8.05. The van der Waals surface area contributed by atoms with Crippen LogP contribution in [0.4, 0.5) is 4.79 Å². The molecule has 0 unspecified atom stereocenters. The number of hydrogen-bond donors (Lipinski definition) is 3. The van der Waals surface area contributed by atoms with Crippen molar-refractivity contribution in [3.8, 4) is 5.75 Å². The second kappa shape index (κ2) is 8.63. The van der Waals surface area contributed by atoms with Gasteiger partial charge in [0, 0.05) is 12.6 Å². The molecule has 5 nitrogen and oxygen atoms in total. The Morgan fingerprint density at radius 3 is 2.59 bits per heavy atom. The second-order valence-electron chi connectivity index (χ2n) is 5.92. The van der Waals surface area contributed by atoms with Gasteiger partial charge in [0.25, 0.3) is 0 Å². The summed E-state index contributed by atoms with van der Waals surface area (Å²) in [6.07, 6.45) is 3.83. The van der Waals surface area contributed by atoms with Crippen molar-refractivity contribution in [2.45, 2.75) is 51.2 Å². The fraction of sp³-hybridized carbons (Fsp3) is 0.588. The monoisotopic (exact) mass is 306 g/mol. The van der Waals surface area contributed by atoms with Gasteiger partial charge in [-0.15, -0.1) is 0 Å². The minimum absolute atomic E-state index is 0.128. The van der Waals surface area contributed by atoms with Crippen LogP contribution in [-0.2, 0) is 0 Å². The van der Waals surface area contributed by atoms with Crippen molar-refractivity contribution in [1.82, 2.24) is 10.6 Å². The van der Waals surface area contributed by atoms with Gasteiger partial charge in [-0.3, -0.25) is 0 Å². The molecule has 0 saturated heterocycles. The molecule has 1 saturated carbocycles. The van der Waals surface area contributed by atoms with E-state index in [0.29, 0.717) is 13.2 Å². The SMILES string of the molecule is Cc1ccc(OCCCNC(=O)NC2CCC(O)CC2)cc1. The topological polar surface area (TPSA) is 70.6 Å². The van der Waals surface area contributed by atoms with Crippen LogP contribution in [0.15, 0.2) is 24.3 Å². The summed E-state index contributed by atoms with van der Waals surface area (Å²) in [5.74, 6) is 0.857. The number of hydrogen-bond acceptors (Lipinski definition) is 3. The van der Waals surface area contributed by atoms with Gasteiger partial charge in [-0.05, 0) is 51.2 Å². The van der Waals surface area contributed by atoms with Crippen LogP contribution in [0.2, 0.25) is 0 Å². The quantitative estimate of drug-likeness (QED) is 0.707. The van der Waals surface area contributed by atoms with Crippen molar-refractivity contribution >= 4 is 6.03 Å². The molecule has 0 heterocycles. The lowest BCUT2D eigenvalue weighted by atomic mass is 9.93. The number of aliphatic hydroxyl groups excluding tert-OH is 1. The van der Waals surface area contributed by atoms with E-state index in [0.717, 1.165) is 37.9 Å². The Hall–Kier alpha value is -1.75. The van der Waals surface area contributed by atoms with Crippen LogP contribution in [0.1, 0.15) is 37.7 Å². The fourth-order valence-electron chi connectivity index (χ4n) is 2.56. The molecule has 2 amide bonds. The van der Waals surface area contributed by atoms with Crippen LogP contribution < -0.4 is 15.4 Å². The Morgan fingerprint density at radius 1 is 1.23 bits per heavy atom. The third-order valence-electron chi connectivity index (χ3n) is 3.93. The predicted molar refractivity (Wildman–Crippen MR) is 86.1 cm³/mol. The first kappa shape index (κ1) is 16.6. The summed E-state index contributed by atoms with van der Waals surface area (Å²) in [5.41, 5.74) is 1.21. The maximum Gasteiger partial charge on any atom is 0.315 e. The van der Waals surface area contributed by atoms with Gasteiger partial charge in [-0.1, -0.05) is 17.7 Å². The average Bonchev–Trinajstić information content (AvgIpc) is 2.51. The molecule has 1 aromatic rings. The molecule has 2 rings (SSSR count). The molecule has 0 atom stereocenters. The zero-order valence-corrected chi connectivity index (χ0v) is 13.2. The Kier molecular flexibility index (Phi) is 6.52. The molecule has 0 aliphatic heterocycles. The zero-order chi connectivity index (χ0) is 15.8. The average molecular weight is 306 g/mol. The lowest BCUT2D eigenvalue weighted by Gasteiger charge is -2.26. The van der Waals surface area contributed by atoms with Gasteiger partial charge in [0.1, 0.15) is 5.75 Å². The highest BCUT2D eigenvalue weighted by Gasteiger charge is 2.20. The maximum atomic E-state index is 11.7. The third-order valence-corrected chi connectivity index (χ3v) is 3.93. The molecule has 3 N–H and O–H groups in total. The van der Waals surface area contributed by atoms with Gasteiger partial charge in [0.05, 0.1) is 12.7 Å². The van der Waals surface area contributed by atoms with E-state index < -0.39 is 0 Å². The van der Waals surface area contributed by atoms with E-state index in [-0.39, 0.29) is 18.2 Å². The summed E-state index contributed by atoms with van der Waals surface area (Å²) in [6.45, 7) is 3.21. The molecular formula is C17H26N2O3. The Balaban J connectivity index is 1.52. The number of nitrogens with one attached hydrogen (secondary N) is 2. The van der Waals surface area contributed by atoms with E-state index in [2.05, 4.69) is 10.6 Å². The van der Waals surface area contributed by atoms with E-state index >= 15 is 0 Å². The van der Waals surface area contributed by atoms with E-state index in [1.807, 2.05) is 31.2 Å². The number of benzene rings is 1. The summed E-state index contributed by atoms with van der Waals surface area (Å²) >= 11 is 0. The number of carbonyl (C=O) groups is 1. The molecule has 0 spiro atoms. The Bertz CT molecular complexity index is 453. The number of aryl methyl sites for hydroxylation is 1. The van der Waals surface area contributed by atoms with Crippen LogP contribution in [-0.4, -0.2) is 36.4 Å². The summed E-state index contributed by atoms with van der Waals surface area (Å²) in [4.78, 5) is 11.7. The smallest absolute Gasteiger partial charge is 0.315 e. The van der Waals surface area contributed by atoms with Crippen LogP contribution >= 0.6 is 0 Å². The Morgan fingerprint density at radius 2 is 1.91 bits per heavy atom. The lowest BCUT2D eigenvalue weighted by molar-refractivity contribution is 0.117. The minimum Gasteiger partial charge on any atom is -0.494 e. The first-order chi connectivity index (χ1) is 10.6. The second-order valence-corrected chi connectivity index (χ2v) is 5.92. The van der Waals surface area contributed by atoms with Crippen LogP contribution in [0.3, 0.4) is 0 Å². The van der Waals surface area contributed by atoms with Gasteiger partial charge in [0.15, 0.2) is 0 Å². The molecule has 0 bridgehead atoms. The highest BCUT2D eigenvalue weighted by Crippen LogP contribution is 2.18. The summed E-state index contributed by atoms with van der Waals surface area (Å²) < 4.78 is 5.61. The first-order valence-electron chi connectivity index (χ1n) is 8.05. The van der Waals surface area contributed by atoms with E-state index in [1.54, 1.807) is 0 Å². The molecule has 122 valence electrons. The Labute approximate surface area is 132 Å². The summed E-state index contributed by atoms with van der Waals surface area (Å²) in [5, 5.41) is 15.2. The summed E-state index contributed by atoms with van der Waals surface area (Å²) in [6, 6.07) is 7.99. The molecule has 1 aromatic carbocycles. The highest BCUT2D eigenvalue weighted by molar-refractivity contribution is 5.74. The summed E-state index contributed by atoms with van der Waals surface area (Å²) in [7, 11) is 0. The molecule has 0 aromatic heterocycles. The minimum atomic E-state index is -0.194. The lowest BCUT2D eigenvalue weighted by Crippen LogP contribution is -2.44. The van der Waals surface area contributed by atoms with Gasteiger partial charge >= 0.3 is 6.03 Å². The molecule has 1 fully saturated rings. The van der Waals surface area contributed by atoms with Crippen molar-refractivity contribution in [1.29, 1.82) is 0 Å². The molecular weight excluding hydrogens is 280 g/mol. The normalized spacial score (nSPS) is 21.2. The number of aliphatic hydroxyl groups is 1. The maximum absolute atomic E-state index is 11.7. The number of amides is 2. The number of rotatable bonds is 6. The molecule has 22 heavy (non-hydrogen) atoms. The van der Waals surface area contributed by atoms with Crippen LogP contribution in [0, 0.1) is 6.92 Å². The highest BCUT2D eigenvalue weighted by atomic mass is 16.5. The van der Waals surface area contributed by atoms with E-state index in [4.69, 9.17) is 4.74 Å². The zero-order valence-electron chi connectivity index (χ0n) is 13.2. The molecule has 0 radical (unpaired) electrons. The van der Waals surface area contributed by atoms with Crippen LogP contribution in [0.5, 0.6) is 5.75 Å². The predicted octanol–water partition coefficient (Wildman–Crippen LogP) is 2.37. The van der Waals surface area contributed by atoms with E-state index in [9.17, 15) is 9.90 Å². The number of urea groups is 1. The van der Waals surface area contributed by atoms with Gasteiger partial charge in [0.2, 0.25) is 0 Å². The molecule has 1 aliphatic carbocycles. The van der Waals surface area contributed by atoms with Gasteiger partial charge in [-0.2, -0.15) is 0 Å². The van der Waals surface area contributed by atoms with Gasteiger partial charge < -0.3 is 20.5 Å². The number of ether oxygens (including phenoxy) is 1. The van der Waals surface area contributed by atoms with Gasteiger partial charge in [-0.25, -0.2) is 4.79 Å². The van der Waals surface area contributed by atoms with Crippen LogP contribution in [0.25, 0.3) is 0 Å². The van der Waals surface area contributed by atoms with Crippen molar-refractivity contribution in [2.75, 3.05) is 13.2 Å². The van der Waals surface area contributed by atoms with E-state index in [1.165, 1.54) is 5.56 Å². The third kappa shape index (κ3) is 5.93. The van der Waals surface area contributed by atoms with Crippen molar-refractivity contribution < 1.29 is 14.6 Å². The number of carbonyl (C=O) groups excluding carboxylic acids is 1. The standard InChI is InChI=1S/C17H26N2O3/c1-13-3-9-16(10-4-13)22-12-2-11-18-17(21)19-14-5-7-15(20)8-6-14/h3-4,9-10,14-15,20H,2,5-8,11-12H2,1H3,(H2,18,19,21). The molecule has 1 aliphatic rings. The van der Waals surface area contributed by atoms with Crippen molar-refractivity contribution in [3.05, 3.63) is 29.8 Å². The molecule has 5 heteroatoms. The fourth-order valence-corrected chi connectivity index (χ4v) is 2.56. The largest absolute Gasteiger partial charge is 0.494 e.